The van der Waals surface area contributed by atoms with Crippen LogP contribution >= 0.6 is 35.7 Å². The SMILES string of the molecule is CCNC(=NCC(C)SC)NCCCN1CCOCC1.I. The summed E-state index contributed by atoms with van der Waals surface area (Å²) in [6.45, 7) is 12.1. The topological polar surface area (TPSA) is 48.9 Å². The lowest BCUT2D eigenvalue weighted by Crippen LogP contribution is -2.41. The molecule has 126 valence electrons. The molecule has 0 aromatic carbocycles. The Kier molecular flexibility index (Phi) is 14.1. The summed E-state index contributed by atoms with van der Waals surface area (Å²) >= 11 is 1.85. The highest BCUT2D eigenvalue weighted by Gasteiger charge is 2.09. The predicted molar refractivity (Wildman–Crippen MR) is 104 cm³/mol. The van der Waals surface area contributed by atoms with Crippen molar-refractivity contribution in [3.63, 3.8) is 0 Å². The first kappa shape index (κ1) is 21.3. The summed E-state index contributed by atoms with van der Waals surface area (Å²) in [7, 11) is 0. The molecule has 0 aromatic heterocycles. The fraction of sp³-hybridized carbons (Fsp3) is 0.929. The molecule has 1 fully saturated rings. The van der Waals surface area contributed by atoms with Crippen molar-refractivity contribution in [1.29, 1.82) is 0 Å². The molecule has 5 nitrogen and oxygen atoms in total. The number of aliphatic imine (C=N–C) groups is 1. The summed E-state index contributed by atoms with van der Waals surface area (Å²) < 4.78 is 5.35. The first-order chi connectivity index (χ1) is 9.76. The minimum absolute atomic E-state index is 0. The van der Waals surface area contributed by atoms with Crippen molar-refractivity contribution in [3.05, 3.63) is 0 Å². The minimum atomic E-state index is 0. The van der Waals surface area contributed by atoms with Gasteiger partial charge in [0.25, 0.3) is 0 Å². The average Bonchev–Trinajstić information content (AvgIpc) is 2.49. The third-order valence-electron chi connectivity index (χ3n) is 3.30. The molecule has 0 aliphatic carbocycles. The zero-order valence-electron chi connectivity index (χ0n) is 13.6. The molecular weight excluding hydrogens is 399 g/mol. The van der Waals surface area contributed by atoms with Gasteiger partial charge in [-0.1, -0.05) is 6.92 Å². The fourth-order valence-electron chi connectivity index (χ4n) is 1.97. The lowest BCUT2D eigenvalue weighted by molar-refractivity contribution is 0.0376. The van der Waals surface area contributed by atoms with Crippen molar-refractivity contribution in [2.24, 2.45) is 4.99 Å². The van der Waals surface area contributed by atoms with E-state index in [-0.39, 0.29) is 24.0 Å². The summed E-state index contributed by atoms with van der Waals surface area (Å²) in [5.74, 6) is 0.940. The van der Waals surface area contributed by atoms with Gasteiger partial charge < -0.3 is 15.4 Å². The van der Waals surface area contributed by atoms with Crippen LogP contribution in [0.3, 0.4) is 0 Å². The molecule has 0 aromatic rings. The maximum atomic E-state index is 5.35. The Balaban J connectivity index is 0.00000400. The van der Waals surface area contributed by atoms with Crippen LogP contribution in [-0.2, 0) is 4.74 Å². The number of rotatable bonds is 8. The van der Waals surface area contributed by atoms with Crippen LogP contribution in [0.25, 0.3) is 0 Å². The average molecular weight is 430 g/mol. The molecule has 1 saturated heterocycles. The van der Waals surface area contributed by atoms with Gasteiger partial charge in [0.15, 0.2) is 5.96 Å². The summed E-state index contributed by atoms with van der Waals surface area (Å²) in [6, 6.07) is 0. The van der Waals surface area contributed by atoms with Crippen LogP contribution in [0.2, 0.25) is 0 Å². The van der Waals surface area contributed by atoms with Gasteiger partial charge in [-0.3, -0.25) is 9.89 Å². The molecule has 1 atom stereocenters. The number of nitrogens with one attached hydrogen (secondary N) is 2. The first-order valence-electron chi connectivity index (χ1n) is 7.61. The van der Waals surface area contributed by atoms with E-state index >= 15 is 0 Å². The molecule has 0 radical (unpaired) electrons. The quantitative estimate of drug-likeness (QED) is 0.265. The van der Waals surface area contributed by atoms with E-state index in [2.05, 4.69) is 40.6 Å². The molecule has 1 rings (SSSR count). The molecule has 2 N–H and O–H groups in total. The van der Waals surface area contributed by atoms with E-state index in [9.17, 15) is 0 Å². The largest absolute Gasteiger partial charge is 0.379 e. The van der Waals surface area contributed by atoms with Crippen LogP contribution in [0.4, 0.5) is 0 Å². The van der Waals surface area contributed by atoms with Crippen LogP contribution < -0.4 is 10.6 Å². The number of guanidine groups is 1. The maximum absolute atomic E-state index is 5.35. The van der Waals surface area contributed by atoms with E-state index in [0.29, 0.717) is 5.25 Å². The third kappa shape index (κ3) is 10.6. The second kappa shape index (κ2) is 13.9. The van der Waals surface area contributed by atoms with Crippen LogP contribution in [0, 0.1) is 0 Å². The number of morpholine rings is 1. The summed E-state index contributed by atoms with van der Waals surface area (Å²) in [6.07, 6.45) is 3.27. The van der Waals surface area contributed by atoms with Crippen molar-refractivity contribution in [3.8, 4) is 0 Å². The molecule has 7 heteroatoms. The van der Waals surface area contributed by atoms with Gasteiger partial charge in [-0.25, -0.2) is 0 Å². The van der Waals surface area contributed by atoms with Crippen molar-refractivity contribution >= 4 is 41.7 Å². The zero-order chi connectivity index (χ0) is 14.6. The highest BCUT2D eigenvalue weighted by Crippen LogP contribution is 2.04. The monoisotopic (exact) mass is 430 g/mol. The Morgan fingerprint density at radius 2 is 2.05 bits per heavy atom. The van der Waals surface area contributed by atoms with E-state index in [1.165, 1.54) is 0 Å². The van der Waals surface area contributed by atoms with Gasteiger partial charge >= 0.3 is 0 Å². The van der Waals surface area contributed by atoms with Crippen LogP contribution in [0.15, 0.2) is 4.99 Å². The van der Waals surface area contributed by atoms with Gasteiger partial charge in [0.2, 0.25) is 0 Å². The van der Waals surface area contributed by atoms with Crippen molar-refractivity contribution < 1.29 is 4.74 Å². The maximum Gasteiger partial charge on any atom is 0.191 e. The van der Waals surface area contributed by atoms with E-state index in [4.69, 9.17) is 4.74 Å². The molecule has 0 amide bonds. The minimum Gasteiger partial charge on any atom is -0.379 e. The summed E-state index contributed by atoms with van der Waals surface area (Å²) in [4.78, 5) is 7.07. The second-order valence-corrected chi connectivity index (χ2v) is 6.28. The number of ether oxygens (including phenoxy) is 1. The second-order valence-electron chi connectivity index (χ2n) is 5.00. The number of hydrogen-bond donors (Lipinski definition) is 2. The number of thioether (sulfide) groups is 1. The molecule has 0 saturated carbocycles. The van der Waals surface area contributed by atoms with Gasteiger partial charge in [-0.2, -0.15) is 11.8 Å². The molecule has 1 aliphatic rings. The van der Waals surface area contributed by atoms with Gasteiger partial charge in [0, 0.05) is 31.4 Å². The van der Waals surface area contributed by atoms with Gasteiger partial charge in [-0.15, -0.1) is 24.0 Å². The third-order valence-corrected chi connectivity index (χ3v) is 4.25. The van der Waals surface area contributed by atoms with Gasteiger partial charge in [-0.05, 0) is 26.1 Å². The highest BCUT2D eigenvalue weighted by molar-refractivity contribution is 14.0. The number of nitrogens with zero attached hydrogens (tertiary/aromatic N) is 2. The van der Waals surface area contributed by atoms with Gasteiger partial charge in [0.1, 0.15) is 0 Å². The number of halogens is 1. The van der Waals surface area contributed by atoms with Gasteiger partial charge in [0.05, 0.1) is 19.8 Å². The fourth-order valence-corrected chi connectivity index (χ4v) is 2.19. The first-order valence-corrected chi connectivity index (χ1v) is 8.90. The number of hydrogen-bond acceptors (Lipinski definition) is 4. The lowest BCUT2D eigenvalue weighted by atomic mass is 10.3. The van der Waals surface area contributed by atoms with Crippen LogP contribution in [-0.4, -0.2) is 74.8 Å². The van der Waals surface area contributed by atoms with Crippen LogP contribution in [0.1, 0.15) is 20.3 Å². The standard InChI is InChI=1S/C14H30N4OS.HI/c1-4-15-14(17-12-13(2)20-3)16-6-5-7-18-8-10-19-11-9-18;/h13H,4-12H2,1-3H3,(H2,15,16,17);1H. The molecule has 0 bridgehead atoms. The molecule has 21 heavy (non-hydrogen) atoms. The normalized spacial score (nSPS) is 18.0. The Morgan fingerprint density at radius 3 is 2.67 bits per heavy atom. The highest BCUT2D eigenvalue weighted by atomic mass is 127. The zero-order valence-corrected chi connectivity index (χ0v) is 16.7. The van der Waals surface area contributed by atoms with Crippen molar-refractivity contribution in [2.75, 3.05) is 58.7 Å². The van der Waals surface area contributed by atoms with Crippen molar-refractivity contribution in [1.82, 2.24) is 15.5 Å². The van der Waals surface area contributed by atoms with Crippen LogP contribution in [0.5, 0.6) is 0 Å². The van der Waals surface area contributed by atoms with E-state index < -0.39 is 0 Å². The van der Waals surface area contributed by atoms with E-state index in [0.717, 1.165) is 64.9 Å². The Bertz CT molecular complexity index is 276. The molecule has 1 unspecified atom stereocenters. The molecule has 0 spiro atoms. The van der Waals surface area contributed by atoms with E-state index in [1.807, 2.05) is 11.8 Å². The molecule has 1 aliphatic heterocycles. The summed E-state index contributed by atoms with van der Waals surface area (Å²) in [5, 5.41) is 7.28. The Labute approximate surface area is 151 Å². The Morgan fingerprint density at radius 1 is 1.33 bits per heavy atom. The van der Waals surface area contributed by atoms with E-state index in [1.54, 1.807) is 0 Å². The summed E-state index contributed by atoms with van der Waals surface area (Å²) in [5.41, 5.74) is 0. The lowest BCUT2D eigenvalue weighted by Gasteiger charge is -2.26. The Hall–Kier alpha value is 0.270. The predicted octanol–water partition coefficient (Wildman–Crippen LogP) is 1.63. The molecular formula is C14H31IN4OS. The smallest absolute Gasteiger partial charge is 0.191 e. The van der Waals surface area contributed by atoms with Crippen molar-refractivity contribution in [2.45, 2.75) is 25.5 Å². The molecule has 1 heterocycles.